The smallest absolute Gasteiger partial charge is 0.419 e. The number of carbonyl (C=O) groups is 4. The Bertz CT molecular complexity index is 710. The molecule has 1 saturated heterocycles. The van der Waals surface area contributed by atoms with Crippen molar-refractivity contribution in [2.45, 2.75) is 45.9 Å². The van der Waals surface area contributed by atoms with Crippen LogP contribution in [0, 0.1) is 0 Å². The molecule has 4 amide bonds. The number of ether oxygens (including phenoxy) is 2. The summed E-state index contributed by atoms with van der Waals surface area (Å²) in [7, 11) is 0. The number of hydrogen-bond acceptors (Lipinski definition) is 6. The van der Waals surface area contributed by atoms with E-state index in [0.717, 1.165) is 10.5 Å². The second-order valence-corrected chi connectivity index (χ2v) is 6.87. The number of hydrogen-bond donors (Lipinski definition) is 0. The predicted octanol–water partition coefficient (Wildman–Crippen LogP) is 2.32. The van der Waals surface area contributed by atoms with E-state index < -0.39 is 35.6 Å². The molecule has 0 radical (unpaired) electrons. The lowest BCUT2D eigenvalue weighted by Crippen LogP contribution is -2.46. The average Bonchev–Trinajstić information content (AvgIpc) is 2.90. The minimum atomic E-state index is -1.24. The van der Waals surface area contributed by atoms with E-state index in [1.807, 2.05) is 6.07 Å². The molecular weight excluding hydrogens is 340 g/mol. The summed E-state index contributed by atoms with van der Waals surface area (Å²) in [5, 5.41) is 0. The van der Waals surface area contributed by atoms with Gasteiger partial charge in [0.2, 0.25) is 5.91 Å². The van der Waals surface area contributed by atoms with E-state index in [0.29, 0.717) is 4.90 Å². The molecule has 1 heterocycles. The van der Waals surface area contributed by atoms with Crippen LogP contribution >= 0.6 is 0 Å². The zero-order valence-corrected chi connectivity index (χ0v) is 15.2. The van der Waals surface area contributed by atoms with E-state index in [1.165, 1.54) is 6.92 Å². The fourth-order valence-corrected chi connectivity index (χ4v) is 2.40. The lowest BCUT2D eigenvalue weighted by Gasteiger charge is -2.24. The van der Waals surface area contributed by atoms with Gasteiger partial charge in [0, 0.05) is 6.92 Å². The van der Waals surface area contributed by atoms with Gasteiger partial charge in [-0.05, 0) is 26.3 Å². The van der Waals surface area contributed by atoms with Gasteiger partial charge in [0.25, 0.3) is 0 Å². The summed E-state index contributed by atoms with van der Waals surface area (Å²) in [5.74, 6) is -1.34. The van der Waals surface area contributed by atoms with Gasteiger partial charge < -0.3 is 9.47 Å². The minimum Gasteiger partial charge on any atom is -0.458 e. The molecule has 0 aromatic heterocycles. The highest BCUT2D eigenvalue weighted by atomic mass is 16.6. The predicted molar refractivity (Wildman–Crippen MR) is 90.9 cm³/mol. The first-order valence-corrected chi connectivity index (χ1v) is 8.15. The molecule has 0 saturated carbocycles. The van der Waals surface area contributed by atoms with Crippen molar-refractivity contribution in [1.29, 1.82) is 0 Å². The number of rotatable bonds is 3. The van der Waals surface area contributed by atoms with Gasteiger partial charge in [0.1, 0.15) is 12.2 Å². The molecule has 1 atom stereocenters. The molecule has 2 rings (SSSR count). The van der Waals surface area contributed by atoms with Crippen LogP contribution in [-0.4, -0.2) is 52.0 Å². The monoisotopic (exact) mass is 362 g/mol. The minimum absolute atomic E-state index is 0.0649. The zero-order valence-electron chi connectivity index (χ0n) is 15.2. The van der Waals surface area contributed by atoms with Gasteiger partial charge in [0.15, 0.2) is 6.04 Å². The molecule has 1 fully saturated rings. The number of imide groups is 2. The largest absolute Gasteiger partial charge is 0.458 e. The summed E-state index contributed by atoms with van der Waals surface area (Å²) in [6, 6.07) is 6.76. The number of benzene rings is 1. The maximum atomic E-state index is 12.4. The van der Waals surface area contributed by atoms with Gasteiger partial charge in [0.05, 0.1) is 6.54 Å². The van der Waals surface area contributed by atoms with Crippen molar-refractivity contribution in [1.82, 2.24) is 9.80 Å². The molecule has 1 aliphatic rings. The fourth-order valence-electron chi connectivity index (χ4n) is 2.40. The molecule has 0 unspecified atom stereocenters. The van der Waals surface area contributed by atoms with E-state index in [9.17, 15) is 19.2 Å². The molecule has 0 aliphatic carbocycles. The summed E-state index contributed by atoms with van der Waals surface area (Å²) in [6.45, 7) is 5.87. The highest BCUT2D eigenvalue weighted by molar-refractivity contribution is 6.05. The van der Waals surface area contributed by atoms with Crippen LogP contribution < -0.4 is 0 Å². The fraction of sp³-hybridized carbons (Fsp3) is 0.444. The molecule has 0 spiro atoms. The van der Waals surface area contributed by atoms with Gasteiger partial charge in [-0.2, -0.15) is 0 Å². The first kappa shape index (κ1) is 19.4. The van der Waals surface area contributed by atoms with Crippen LogP contribution in [0.4, 0.5) is 9.59 Å². The van der Waals surface area contributed by atoms with Crippen molar-refractivity contribution in [3.05, 3.63) is 35.9 Å². The van der Waals surface area contributed by atoms with E-state index in [4.69, 9.17) is 9.47 Å². The normalized spacial score (nSPS) is 17.2. The molecule has 1 aliphatic heterocycles. The number of urea groups is 1. The third-order valence-electron chi connectivity index (χ3n) is 3.56. The van der Waals surface area contributed by atoms with Gasteiger partial charge in [-0.15, -0.1) is 0 Å². The lowest BCUT2D eigenvalue weighted by molar-refractivity contribution is -0.159. The van der Waals surface area contributed by atoms with Crippen molar-refractivity contribution >= 4 is 24.0 Å². The maximum absolute atomic E-state index is 12.4. The number of nitrogens with zero attached hydrogens (tertiary/aromatic N) is 2. The second kappa shape index (κ2) is 7.55. The first-order chi connectivity index (χ1) is 12.1. The Morgan fingerprint density at radius 3 is 2.31 bits per heavy atom. The highest BCUT2D eigenvalue weighted by Crippen LogP contribution is 2.21. The summed E-state index contributed by atoms with van der Waals surface area (Å²) < 4.78 is 10.4. The van der Waals surface area contributed by atoms with Gasteiger partial charge >= 0.3 is 18.1 Å². The summed E-state index contributed by atoms with van der Waals surface area (Å²) in [5.41, 5.74) is -0.0756. The van der Waals surface area contributed by atoms with Crippen molar-refractivity contribution in [3.63, 3.8) is 0 Å². The van der Waals surface area contributed by atoms with Crippen LogP contribution in [-0.2, 0) is 25.7 Å². The van der Waals surface area contributed by atoms with Crippen LogP contribution in [0.15, 0.2) is 30.3 Å². The molecule has 8 nitrogen and oxygen atoms in total. The SMILES string of the molecule is CC(=O)N1C[C@@H](C(=O)OC(C)(C)C)N(C(=O)OCc2ccccc2)C1=O. The zero-order chi connectivity index (χ0) is 19.5. The standard InChI is InChI=1S/C18H22N2O6/c1-12(21)19-10-14(15(22)26-18(2,3)4)20(16(19)23)17(24)25-11-13-8-6-5-7-9-13/h5-9,14H,10-11H2,1-4H3/t14-/m0/s1. The average molecular weight is 362 g/mol. The number of carbonyl (C=O) groups excluding carboxylic acids is 4. The van der Waals surface area contributed by atoms with Gasteiger partial charge in [-0.3, -0.25) is 9.69 Å². The Hall–Kier alpha value is -2.90. The van der Waals surface area contributed by atoms with Crippen LogP contribution in [0.5, 0.6) is 0 Å². The second-order valence-electron chi connectivity index (χ2n) is 6.87. The van der Waals surface area contributed by atoms with Crippen LogP contribution in [0.25, 0.3) is 0 Å². The summed E-state index contributed by atoms with van der Waals surface area (Å²) in [4.78, 5) is 50.3. The van der Waals surface area contributed by atoms with E-state index in [1.54, 1.807) is 45.0 Å². The Balaban J connectivity index is 2.16. The molecule has 0 bridgehead atoms. The van der Waals surface area contributed by atoms with E-state index >= 15 is 0 Å². The molecule has 1 aromatic carbocycles. The van der Waals surface area contributed by atoms with E-state index in [2.05, 4.69) is 0 Å². The van der Waals surface area contributed by atoms with Crippen molar-refractivity contribution in [2.24, 2.45) is 0 Å². The third kappa shape index (κ3) is 4.59. The van der Waals surface area contributed by atoms with Gasteiger partial charge in [-0.1, -0.05) is 30.3 Å². The van der Waals surface area contributed by atoms with Crippen LogP contribution in [0.3, 0.4) is 0 Å². The highest BCUT2D eigenvalue weighted by Gasteiger charge is 2.49. The first-order valence-electron chi connectivity index (χ1n) is 8.15. The molecule has 26 heavy (non-hydrogen) atoms. The summed E-state index contributed by atoms with van der Waals surface area (Å²) >= 11 is 0. The number of esters is 1. The summed E-state index contributed by atoms with van der Waals surface area (Å²) in [6.07, 6.45) is -1.00. The Morgan fingerprint density at radius 1 is 1.15 bits per heavy atom. The Labute approximate surface area is 151 Å². The van der Waals surface area contributed by atoms with Crippen LogP contribution in [0.2, 0.25) is 0 Å². The van der Waals surface area contributed by atoms with E-state index in [-0.39, 0.29) is 13.2 Å². The van der Waals surface area contributed by atoms with Crippen molar-refractivity contribution < 1.29 is 28.7 Å². The quantitative estimate of drug-likeness (QED) is 0.766. The Morgan fingerprint density at radius 2 is 1.77 bits per heavy atom. The van der Waals surface area contributed by atoms with Crippen molar-refractivity contribution in [2.75, 3.05) is 6.54 Å². The topological polar surface area (TPSA) is 93.2 Å². The molecule has 1 aromatic rings. The molecule has 8 heteroatoms. The Kier molecular flexibility index (Phi) is 5.64. The lowest BCUT2D eigenvalue weighted by atomic mass is 10.2. The number of amides is 4. The third-order valence-corrected chi connectivity index (χ3v) is 3.56. The van der Waals surface area contributed by atoms with Crippen LogP contribution in [0.1, 0.15) is 33.3 Å². The molecule has 140 valence electrons. The van der Waals surface area contributed by atoms with Gasteiger partial charge in [-0.25, -0.2) is 19.3 Å². The molecular formula is C18H22N2O6. The maximum Gasteiger partial charge on any atom is 0.419 e. The van der Waals surface area contributed by atoms with Crippen molar-refractivity contribution in [3.8, 4) is 0 Å². The molecule has 0 N–H and O–H groups in total.